The van der Waals surface area contributed by atoms with Gasteiger partial charge >= 0.3 is 0 Å². The van der Waals surface area contributed by atoms with Crippen molar-refractivity contribution in [2.75, 3.05) is 0 Å². The molecule has 2 heteroatoms. The minimum absolute atomic E-state index is 0.0338. The number of hydrogen-bond donors (Lipinski definition) is 1. The lowest BCUT2D eigenvalue weighted by Crippen LogP contribution is -2.16. The third-order valence-corrected chi connectivity index (χ3v) is 2.76. The van der Waals surface area contributed by atoms with Crippen molar-refractivity contribution in [3.63, 3.8) is 0 Å². The van der Waals surface area contributed by atoms with E-state index < -0.39 is 0 Å². The van der Waals surface area contributed by atoms with E-state index in [1.54, 1.807) is 11.3 Å². The quantitative estimate of drug-likeness (QED) is 0.718. The van der Waals surface area contributed by atoms with Crippen molar-refractivity contribution in [1.29, 1.82) is 0 Å². The summed E-state index contributed by atoms with van der Waals surface area (Å²) in [7, 11) is 0. The highest BCUT2D eigenvalue weighted by Crippen LogP contribution is 2.13. The molecule has 0 aliphatic heterocycles. The predicted molar refractivity (Wildman–Crippen MR) is 58.8 cm³/mol. The van der Waals surface area contributed by atoms with Gasteiger partial charge in [-0.3, -0.25) is 0 Å². The first-order valence-corrected chi connectivity index (χ1v) is 5.43. The van der Waals surface area contributed by atoms with E-state index in [1.165, 1.54) is 5.56 Å². The fraction of sp³-hybridized carbons (Fsp3) is 0.455. The number of nitrogens with two attached hydrogens (primary N) is 1. The Bertz CT molecular complexity index is 316. The molecule has 0 saturated heterocycles. The van der Waals surface area contributed by atoms with E-state index in [4.69, 9.17) is 5.73 Å². The summed E-state index contributed by atoms with van der Waals surface area (Å²) in [5, 5.41) is 2.06. The monoisotopic (exact) mass is 193 g/mol. The Kier molecular flexibility index (Phi) is 4.01. The molecular formula is C11H15NS. The molecular weight excluding hydrogens is 178 g/mol. The molecule has 0 fully saturated rings. The number of thiophene rings is 1. The van der Waals surface area contributed by atoms with Gasteiger partial charge in [0.1, 0.15) is 0 Å². The van der Waals surface area contributed by atoms with Crippen LogP contribution in [0.1, 0.15) is 30.2 Å². The van der Waals surface area contributed by atoms with Gasteiger partial charge in [0.05, 0.1) is 10.9 Å². The molecule has 0 aliphatic carbocycles. The second kappa shape index (κ2) is 5.06. The average Bonchev–Trinajstić information content (AvgIpc) is 2.48. The van der Waals surface area contributed by atoms with Gasteiger partial charge in [-0.1, -0.05) is 25.2 Å². The van der Waals surface area contributed by atoms with Gasteiger partial charge in [-0.2, -0.15) is 0 Å². The maximum atomic E-state index is 5.78. The van der Waals surface area contributed by atoms with Crippen LogP contribution in [-0.4, -0.2) is 6.04 Å². The molecule has 1 aromatic rings. The van der Waals surface area contributed by atoms with Crippen molar-refractivity contribution in [2.45, 2.75) is 32.7 Å². The molecule has 70 valence electrons. The van der Waals surface area contributed by atoms with Crippen LogP contribution >= 0.6 is 11.3 Å². The second-order valence-corrected chi connectivity index (χ2v) is 4.01. The Morgan fingerprint density at radius 3 is 2.92 bits per heavy atom. The molecule has 0 saturated carbocycles. The van der Waals surface area contributed by atoms with Gasteiger partial charge in [0.2, 0.25) is 0 Å². The van der Waals surface area contributed by atoms with Gasteiger partial charge in [0.15, 0.2) is 0 Å². The van der Waals surface area contributed by atoms with Crippen molar-refractivity contribution in [1.82, 2.24) is 0 Å². The summed E-state index contributed by atoms with van der Waals surface area (Å²) in [5.74, 6) is 6.19. The van der Waals surface area contributed by atoms with Crippen LogP contribution in [-0.2, 0) is 0 Å². The molecule has 1 heterocycles. The SMILES string of the molecule is CCCC(N)C#Cc1sccc1C. The zero-order chi connectivity index (χ0) is 9.68. The summed E-state index contributed by atoms with van der Waals surface area (Å²) in [6.07, 6.45) is 2.08. The highest BCUT2D eigenvalue weighted by molar-refractivity contribution is 7.10. The maximum Gasteiger partial charge on any atom is 0.0798 e. The summed E-state index contributed by atoms with van der Waals surface area (Å²) in [5.41, 5.74) is 7.03. The lowest BCUT2D eigenvalue weighted by Gasteiger charge is -1.98. The molecule has 2 N–H and O–H groups in total. The van der Waals surface area contributed by atoms with E-state index in [0.29, 0.717) is 0 Å². The van der Waals surface area contributed by atoms with Crippen LogP contribution in [0.15, 0.2) is 11.4 Å². The summed E-state index contributed by atoms with van der Waals surface area (Å²) < 4.78 is 0. The fourth-order valence-corrected chi connectivity index (χ4v) is 1.82. The molecule has 0 aromatic carbocycles. The molecule has 0 amide bonds. The van der Waals surface area contributed by atoms with Crippen LogP contribution < -0.4 is 5.73 Å². The first-order valence-electron chi connectivity index (χ1n) is 4.55. The van der Waals surface area contributed by atoms with Crippen LogP contribution in [0.2, 0.25) is 0 Å². The van der Waals surface area contributed by atoms with Gasteiger partial charge in [-0.15, -0.1) is 11.3 Å². The first kappa shape index (κ1) is 10.3. The first-order chi connectivity index (χ1) is 6.24. The Hall–Kier alpha value is -0.780. The van der Waals surface area contributed by atoms with E-state index in [1.807, 2.05) is 0 Å². The molecule has 13 heavy (non-hydrogen) atoms. The molecule has 0 spiro atoms. The van der Waals surface area contributed by atoms with E-state index in [2.05, 4.69) is 37.1 Å². The zero-order valence-electron chi connectivity index (χ0n) is 8.13. The van der Waals surface area contributed by atoms with E-state index >= 15 is 0 Å². The Labute approximate surface area is 84.0 Å². The standard InChI is InChI=1S/C11H15NS/c1-3-4-10(12)5-6-11-9(2)7-8-13-11/h7-8,10H,3-4,12H2,1-2H3. The summed E-state index contributed by atoms with van der Waals surface area (Å²) in [6, 6.07) is 2.12. The van der Waals surface area contributed by atoms with Gasteiger partial charge in [-0.25, -0.2) is 0 Å². The maximum absolute atomic E-state index is 5.78. The Balaban J connectivity index is 2.62. The predicted octanol–water partition coefficient (Wildman–Crippen LogP) is 2.54. The van der Waals surface area contributed by atoms with Crippen LogP contribution in [0.5, 0.6) is 0 Å². The van der Waals surface area contributed by atoms with E-state index in [0.717, 1.165) is 17.7 Å². The Morgan fingerprint density at radius 2 is 2.38 bits per heavy atom. The largest absolute Gasteiger partial charge is 0.318 e. The molecule has 1 atom stereocenters. The number of aryl methyl sites for hydroxylation is 1. The van der Waals surface area contributed by atoms with Gasteiger partial charge < -0.3 is 5.73 Å². The topological polar surface area (TPSA) is 26.0 Å². The number of rotatable bonds is 2. The third-order valence-electron chi connectivity index (χ3n) is 1.83. The van der Waals surface area contributed by atoms with Crippen LogP contribution in [0.3, 0.4) is 0 Å². The third kappa shape index (κ3) is 3.22. The summed E-state index contributed by atoms with van der Waals surface area (Å²) in [6.45, 7) is 4.20. The van der Waals surface area contributed by atoms with Crippen molar-refractivity contribution < 1.29 is 0 Å². The molecule has 1 aromatic heterocycles. The van der Waals surface area contributed by atoms with Crippen LogP contribution in [0.25, 0.3) is 0 Å². The highest BCUT2D eigenvalue weighted by Gasteiger charge is 1.96. The molecule has 1 unspecified atom stereocenters. The van der Waals surface area contributed by atoms with E-state index in [-0.39, 0.29) is 6.04 Å². The minimum atomic E-state index is 0.0338. The zero-order valence-corrected chi connectivity index (χ0v) is 8.95. The second-order valence-electron chi connectivity index (χ2n) is 3.10. The summed E-state index contributed by atoms with van der Waals surface area (Å²) >= 11 is 1.68. The Morgan fingerprint density at radius 1 is 1.62 bits per heavy atom. The normalized spacial score (nSPS) is 11.9. The molecule has 0 radical (unpaired) electrons. The molecule has 1 nitrogen and oxygen atoms in total. The highest BCUT2D eigenvalue weighted by atomic mass is 32.1. The summed E-state index contributed by atoms with van der Waals surface area (Å²) in [4.78, 5) is 1.14. The fourth-order valence-electron chi connectivity index (χ4n) is 1.04. The number of hydrogen-bond acceptors (Lipinski definition) is 2. The lowest BCUT2D eigenvalue weighted by atomic mass is 10.2. The molecule has 0 bridgehead atoms. The van der Waals surface area contributed by atoms with Crippen LogP contribution in [0, 0.1) is 18.8 Å². The van der Waals surface area contributed by atoms with Crippen molar-refractivity contribution >= 4 is 11.3 Å². The van der Waals surface area contributed by atoms with Gasteiger partial charge in [0.25, 0.3) is 0 Å². The van der Waals surface area contributed by atoms with Crippen LogP contribution in [0.4, 0.5) is 0 Å². The average molecular weight is 193 g/mol. The van der Waals surface area contributed by atoms with Crippen molar-refractivity contribution in [2.24, 2.45) is 5.73 Å². The minimum Gasteiger partial charge on any atom is -0.318 e. The van der Waals surface area contributed by atoms with Gasteiger partial charge in [-0.05, 0) is 30.4 Å². The van der Waals surface area contributed by atoms with Crippen molar-refractivity contribution in [3.05, 3.63) is 21.9 Å². The molecule has 0 aliphatic rings. The van der Waals surface area contributed by atoms with Crippen molar-refractivity contribution in [3.8, 4) is 11.8 Å². The van der Waals surface area contributed by atoms with Gasteiger partial charge in [0, 0.05) is 0 Å². The lowest BCUT2D eigenvalue weighted by molar-refractivity contribution is 0.720. The van der Waals surface area contributed by atoms with E-state index in [9.17, 15) is 0 Å². The smallest absolute Gasteiger partial charge is 0.0798 e. The molecule has 1 rings (SSSR count).